The number of carbonyl (C=O) groups is 2. The number of para-hydroxylation sites is 1. The van der Waals surface area contributed by atoms with E-state index < -0.39 is 23.5 Å². The van der Waals surface area contributed by atoms with Gasteiger partial charge in [0.15, 0.2) is 11.5 Å². The maximum Gasteiger partial charge on any atom is 0.294 e. The quantitative estimate of drug-likeness (QED) is 0.445. The van der Waals surface area contributed by atoms with Gasteiger partial charge in [-0.2, -0.15) is 5.26 Å². The summed E-state index contributed by atoms with van der Waals surface area (Å²) in [5.74, 6) is -2.17. The monoisotopic (exact) mass is 436 g/mol. The third kappa shape index (κ3) is 3.30. The second kappa shape index (κ2) is 7.70. The minimum Gasteiger partial charge on any atom is -0.508 e. The first-order valence-electron chi connectivity index (χ1n) is 10.1. The van der Waals surface area contributed by atoms with Gasteiger partial charge in [0.25, 0.3) is 5.91 Å². The van der Waals surface area contributed by atoms with E-state index in [0.29, 0.717) is 27.8 Å². The van der Waals surface area contributed by atoms with Crippen LogP contribution in [0.25, 0.3) is 11.0 Å². The molecule has 3 aromatic carbocycles. The number of rotatable bonds is 4. The van der Waals surface area contributed by atoms with Crippen LogP contribution >= 0.6 is 0 Å². The Morgan fingerprint density at radius 2 is 1.73 bits per heavy atom. The smallest absolute Gasteiger partial charge is 0.294 e. The summed E-state index contributed by atoms with van der Waals surface area (Å²) in [6, 6.07) is 22.0. The zero-order valence-corrected chi connectivity index (χ0v) is 17.1. The number of aliphatic hydroxyl groups is 1. The summed E-state index contributed by atoms with van der Waals surface area (Å²) in [7, 11) is 0. The second-order valence-corrected chi connectivity index (χ2v) is 7.57. The lowest BCUT2D eigenvalue weighted by Crippen LogP contribution is -2.31. The van der Waals surface area contributed by atoms with E-state index in [1.807, 2.05) is 12.1 Å². The van der Waals surface area contributed by atoms with E-state index in [4.69, 9.17) is 9.68 Å². The molecule has 1 aliphatic heterocycles. The normalized spacial score (nSPS) is 15.8. The largest absolute Gasteiger partial charge is 0.508 e. The van der Waals surface area contributed by atoms with Crippen LogP contribution in [0.5, 0.6) is 5.75 Å². The van der Waals surface area contributed by atoms with E-state index in [1.54, 1.807) is 48.5 Å². The van der Waals surface area contributed by atoms with Crippen molar-refractivity contribution in [3.63, 3.8) is 0 Å². The highest BCUT2D eigenvalue weighted by Crippen LogP contribution is 2.43. The van der Waals surface area contributed by atoms with Crippen molar-refractivity contribution in [1.29, 1.82) is 5.26 Å². The van der Waals surface area contributed by atoms with Gasteiger partial charge < -0.3 is 14.6 Å². The number of furan rings is 1. The number of phenolic OH excluding ortho intramolecular Hbond substituents is 1. The zero-order valence-electron chi connectivity index (χ0n) is 17.1. The van der Waals surface area contributed by atoms with Gasteiger partial charge in [-0.3, -0.25) is 14.5 Å². The number of Topliss-reactive ketones (excluding diaryl/α,β-unsaturated/α-hetero) is 1. The van der Waals surface area contributed by atoms with E-state index in [-0.39, 0.29) is 17.1 Å². The maximum absolute atomic E-state index is 13.5. The summed E-state index contributed by atoms with van der Waals surface area (Å²) in [5.41, 5.74) is 1.55. The molecule has 1 amide bonds. The van der Waals surface area contributed by atoms with E-state index >= 15 is 0 Å². The number of hydrogen-bond acceptors (Lipinski definition) is 6. The molecule has 2 N–H and O–H groups in total. The molecule has 0 radical (unpaired) electrons. The minimum atomic E-state index is -1.02. The summed E-state index contributed by atoms with van der Waals surface area (Å²) in [5, 5.41) is 30.7. The molecular weight excluding hydrogens is 420 g/mol. The summed E-state index contributed by atoms with van der Waals surface area (Å²) >= 11 is 0. The maximum atomic E-state index is 13.5. The highest BCUT2D eigenvalue weighted by atomic mass is 16.3. The number of anilines is 1. The number of phenols is 1. The van der Waals surface area contributed by atoms with Gasteiger partial charge in [-0.25, -0.2) is 0 Å². The molecule has 0 saturated carbocycles. The van der Waals surface area contributed by atoms with Crippen LogP contribution in [-0.2, 0) is 4.79 Å². The molecular formula is C26H16N2O5. The molecule has 4 aromatic rings. The zero-order chi connectivity index (χ0) is 23.1. The molecule has 160 valence electrons. The van der Waals surface area contributed by atoms with Crippen LogP contribution < -0.4 is 4.90 Å². The Morgan fingerprint density at radius 3 is 2.42 bits per heavy atom. The fourth-order valence-corrected chi connectivity index (χ4v) is 4.04. The van der Waals surface area contributed by atoms with Crippen LogP contribution in [0.3, 0.4) is 0 Å². The molecule has 1 aliphatic rings. The number of nitriles is 1. The lowest BCUT2D eigenvalue weighted by Gasteiger charge is -2.26. The van der Waals surface area contributed by atoms with Crippen molar-refractivity contribution in [3.8, 4) is 11.8 Å². The molecule has 2 heterocycles. The summed E-state index contributed by atoms with van der Waals surface area (Å²) < 4.78 is 5.69. The molecule has 0 aliphatic carbocycles. The molecule has 0 spiro atoms. The SMILES string of the molecule is N#Cc1ccc(N2C(=O)C(O)=C(C(=O)c3cc4ccccc4o3)C2c2cccc(O)c2)cc1. The number of nitrogens with zero attached hydrogens (tertiary/aromatic N) is 2. The van der Waals surface area contributed by atoms with Gasteiger partial charge in [0.1, 0.15) is 11.3 Å². The highest BCUT2D eigenvalue weighted by Gasteiger charge is 2.45. The van der Waals surface area contributed by atoms with Gasteiger partial charge in [0.05, 0.1) is 23.2 Å². The molecule has 33 heavy (non-hydrogen) atoms. The van der Waals surface area contributed by atoms with E-state index in [9.17, 15) is 19.8 Å². The number of carbonyl (C=O) groups excluding carboxylic acids is 2. The molecule has 1 aromatic heterocycles. The number of amides is 1. The van der Waals surface area contributed by atoms with Crippen LogP contribution in [-0.4, -0.2) is 21.9 Å². The summed E-state index contributed by atoms with van der Waals surface area (Å²) in [4.78, 5) is 27.9. The van der Waals surface area contributed by atoms with Crippen molar-refractivity contribution >= 4 is 28.3 Å². The fourth-order valence-electron chi connectivity index (χ4n) is 4.04. The van der Waals surface area contributed by atoms with Crippen molar-refractivity contribution in [2.45, 2.75) is 6.04 Å². The Hall–Kier alpha value is -4.83. The van der Waals surface area contributed by atoms with Gasteiger partial charge >= 0.3 is 0 Å². The molecule has 7 heteroatoms. The molecule has 1 unspecified atom stereocenters. The van der Waals surface area contributed by atoms with E-state index in [1.165, 1.54) is 29.2 Å². The van der Waals surface area contributed by atoms with Crippen molar-refractivity contribution in [3.05, 3.63) is 107 Å². The van der Waals surface area contributed by atoms with Gasteiger partial charge in [0, 0.05) is 11.1 Å². The number of fused-ring (bicyclic) bond motifs is 1. The van der Waals surface area contributed by atoms with Crippen LogP contribution in [0.1, 0.15) is 27.7 Å². The fraction of sp³-hybridized carbons (Fsp3) is 0.0385. The first-order chi connectivity index (χ1) is 16.0. The Balaban J connectivity index is 1.66. The van der Waals surface area contributed by atoms with Crippen LogP contribution in [0, 0.1) is 11.3 Å². The number of aliphatic hydroxyl groups excluding tert-OH is 1. The van der Waals surface area contributed by atoms with Gasteiger partial charge in [-0.15, -0.1) is 0 Å². The minimum absolute atomic E-state index is 0.0163. The average Bonchev–Trinajstić information content (AvgIpc) is 3.38. The number of ketones is 1. The van der Waals surface area contributed by atoms with Crippen molar-refractivity contribution in [2.24, 2.45) is 0 Å². The van der Waals surface area contributed by atoms with Crippen molar-refractivity contribution in [1.82, 2.24) is 0 Å². The van der Waals surface area contributed by atoms with Crippen molar-refractivity contribution in [2.75, 3.05) is 4.90 Å². The van der Waals surface area contributed by atoms with Crippen LogP contribution in [0.4, 0.5) is 5.69 Å². The molecule has 7 nitrogen and oxygen atoms in total. The Kier molecular flexibility index (Phi) is 4.69. The van der Waals surface area contributed by atoms with Gasteiger partial charge in [0.2, 0.25) is 5.78 Å². The Morgan fingerprint density at radius 1 is 0.970 bits per heavy atom. The third-order valence-corrected chi connectivity index (χ3v) is 5.56. The Labute approximate surface area is 188 Å². The standard InChI is InChI=1S/C26H16N2O5/c27-14-15-8-10-18(11-9-15)28-23(17-5-3-6-19(29)12-17)22(25(31)26(28)32)24(30)21-13-16-4-1-2-7-20(16)33-21/h1-13,23,29,31H. The molecule has 0 bridgehead atoms. The molecule has 0 fully saturated rings. The van der Waals surface area contributed by atoms with E-state index in [2.05, 4.69) is 0 Å². The molecule has 1 atom stereocenters. The average molecular weight is 436 g/mol. The first-order valence-corrected chi connectivity index (χ1v) is 10.1. The van der Waals surface area contributed by atoms with Crippen LogP contribution in [0.2, 0.25) is 0 Å². The van der Waals surface area contributed by atoms with Crippen molar-refractivity contribution < 1.29 is 24.2 Å². The first kappa shape index (κ1) is 20.1. The number of hydrogen-bond donors (Lipinski definition) is 2. The predicted molar refractivity (Wildman–Crippen MR) is 120 cm³/mol. The summed E-state index contributed by atoms with van der Waals surface area (Å²) in [6.07, 6.45) is 0. The van der Waals surface area contributed by atoms with Gasteiger partial charge in [-0.1, -0.05) is 30.3 Å². The summed E-state index contributed by atoms with van der Waals surface area (Å²) in [6.45, 7) is 0. The highest BCUT2D eigenvalue weighted by molar-refractivity contribution is 6.20. The second-order valence-electron chi connectivity index (χ2n) is 7.57. The van der Waals surface area contributed by atoms with Crippen LogP contribution in [0.15, 0.2) is 94.6 Å². The number of benzene rings is 3. The van der Waals surface area contributed by atoms with E-state index in [0.717, 1.165) is 0 Å². The molecule has 5 rings (SSSR count). The molecule has 0 saturated heterocycles. The third-order valence-electron chi connectivity index (χ3n) is 5.56. The van der Waals surface area contributed by atoms with Gasteiger partial charge in [-0.05, 0) is 54.1 Å². The lowest BCUT2D eigenvalue weighted by atomic mass is 9.94. The lowest BCUT2D eigenvalue weighted by molar-refractivity contribution is -0.117. The number of aromatic hydroxyl groups is 1. The topological polar surface area (TPSA) is 115 Å². The Bertz CT molecular complexity index is 1460. The predicted octanol–water partition coefficient (Wildman–Crippen LogP) is 4.79.